The lowest BCUT2D eigenvalue weighted by atomic mass is 9.88. The monoisotopic (exact) mass is 389 g/mol. The van der Waals surface area contributed by atoms with E-state index in [0.29, 0.717) is 44.5 Å². The number of aromatic nitrogens is 2. The molecule has 0 bridgehead atoms. The van der Waals surface area contributed by atoms with E-state index in [0.717, 1.165) is 25.8 Å². The number of hydrogen-bond donors (Lipinski definition) is 0. The van der Waals surface area contributed by atoms with Crippen LogP contribution in [0.5, 0.6) is 0 Å². The zero-order valence-corrected chi connectivity index (χ0v) is 17.1. The summed E-state index contributed by atoms with van der Waals surface area (Å²) in [7, 11) is 3.88. The number of rotatable bonds is 2. The molecular formula is C20H31N5O3. The van der Waals surface area contributed by atoms with E-state index >= 15 is 0 Å². The van der Waals surface area contributed by atoms with Gasteiger partial charge in [0.25, 0.3) is 5.91 Å². The number of amides is 2. The molecule has 3 aliphatic rings. The van der Waals surface area contributed by atoms with Crippen LogP contribution in [0.15, 0.2) is 12.3 Å². The van der Waals surface area contributed by atoms with Crippen molar-refractivity contribution in [2.45, 2.75) is 37.8 Å². The highest BCUT2D eigenvalue weighted by molar-refractivity contribution is 5.92. The number of morpholine rings is 1. The largest absolute Gasteiger partial charge is 0.371 e. The summed E-state index contributed by atoms with van der Waals surface area (Å²) in [6, 6.07) is 2.06. The predicted octanol–water partition coefficient (Wildman–Crippen LogP) is 0.594. The maximum Gasteiger partial charge on any atom is 0.272 e. The van der Waals surface area contributed by atoms with Gasteiger partial charge in [-0.1, -0.05) is 0 Å². The highest BCUT2D eigenvalue weighted by atomic mass is 16.5. The molecule has 1 spiro atoms. The number of piperidine rings is 1. The minimum absolute atomic E-state index is 0.00370. The Hall–Kier alpha value is -1.93. The van der Waals surface area contributed by atoms with Crippen LogP contribution in [-0.2, 0) is 16.6 Å². The molecule has 0 radical (unpaired) electrons. The van der Waals surface area contributed by atoms with Crippen LogP contribution >= 0.6 is 0 Å². The summed E-state index contributed by atoms with van der Waals surface area (Å²) in [6.45, 7) is 6.28. The number of carbonyl (C=O) groups is 2. The molecule has 3 saturated heterocycles. The number of carbonyl (C=O) groups excluding carboxylic acids is 2. The van der Waals surface area contributed by atoms with Gasteiger partial charge in [-0.15, -0.1) is 0 Å². The molecule has 0 aliphatic carbocycles. The first-order chi connectivity index (χ1) is 13.4. The second-order valence-corrected chi connectivity index (χ2v) is 8.54. The zero-order chi connectivity index (χ0) is 19.9. The molecule has 3 aliphatic heterocycles. The van der Waals surface area contributed by atoms with Crippen LogP contribution in [0, 0.1) is 5.92 Å². The SMILES string of the molecule is C[C@@H]1[C@H](C(=O)N2CCC3(CC2)CN(C(=O)c2ccnn2C)CCO3)CCN1C. The fraction of sp³-hybridized carbons (Fsp3) is 0.750. The van der Waals surface area contributed by atoms with E-state index < -0.39 is 0 Å². The second kappa shape index (κ2) is 7.48. The van der Waals surface area contributed by atoms with Crippen molar-refractivity contribution < 1.29 is 14.3 Å². The summed E-state index contributed by atoms with van der Waals surface area (Å²) >= 11 is 0. The Bertz CT molecular complexity index is 740. The molecule has 4 heterocycles. The average Bonchev–Trinajstić information content (AvgIpc) is 3.27. The molecular weight excluding hydrogens is 358 g/mol. The van der Waals surface area contributed by atoms with Crippen molar-refractivity contribution in [1.29, 1.82) is 0 Å². The average molecular weight is 390 g/mol. The van der Waals surface area contributed by atoms with Crippen LogP contribution in [0.1, 0.15) is 36.7 Å². The van der Waals surface area contributed by atoms with Gasteiger partial charge in [-0.05, 0) is 45.8 Å². The third-order valence-corrected chi connectivity index (χ3v) is 6.95. The van der Waals surface area contributed by atoms with Crippen LogP contribution < -0.4 is 0 Å². The minimum atomic E-state index is -0.332. The smallest absolute Gasteiger partial charge is 0.272 e. The number of hydrogen-bond acceptors (Lipinski definition) is 5. The van der Waals surface area contributed by atoms with Crippen molar-refractivity contribution in [3.63, 3.8) is 0 Å². The molecule has 0 N–H and O–H groups in total. The van der Waals surface area contributed by atoms with Gasteiger partial charge in [0.05, 0.1) is 24.7 Å². The number of nitrogens with zero attached hydrogens (tertiary/aromatic N) is 5. The van der Waals surface area contributed by atoms with E-state index in [1.807, 2.05) is 9.80 Å². The molecule has 1 aromatic rings. The summed E-state index contributed by atoms with van der Waals surface area (Å²) in [4.78, 5) is 32.0. The fourth-order valence-corrected chi connectivity index (χ4v) is 4.86. The van der Waals surface area contributed by atoms with Crippen LogP contribution in [0.3, 0.4) is 0 Å². The topological polar surface area (TPSA) is 70.9 Å². The van der Waals surface area contributed by atoms with E-state index in [9.17, 15) is 9.59 Å². The van der Waals surface area contributed by atoms with Crippen molar-refractivity contribution in [2.75, 3.05) is 46.4 Å². The van der Waals surface area contributed by atoms with Crippen molar-refractivity contribution in [3.8, 4) is 0 Å². The molecule has 28 heavy (non-hydrogen) atoms. The molecule has 2 amide bonds. The van der Waals surface area contributed by atoms with Gasteiger partial charge in [-0.25, -0.2) is 0 Å². The maximum absolute atomic E-state index is 13.0. The van der Waals surface area contributed by atoms with Crippen molar-refractivity contribution >= 4 is 11.8 Å². The molecule has 4 rings (SSSR count). The molecule has 8 heteroatoms. The Morgan fingerprint density at radius 3 is 2.50 bits per heavy atom. The first-order valence-corrected chi connectivity index (χ1v) is 10.3. The lowest BCUT2D eigenvalue weighted by Crippen LogP contribution is -2.59. The molecule has 3 fully saturated rings. The molecule has 1 aromatic heterocycles. The van der Waals surface area contributed by atoms with E-state index in [-0.39, 0.29) is 23.3 Å². The van der Waals surface area contributed by atoms with Crippen molar-refractivity contribution in [2.24, 2.45) is 13.0 Å². The standard InChI is InChI=1S/C20H31N5O3/c1-15-16(5-9-22(15)2)18(26)24-10-6-20(7-11-24)14-25(12-13-28-20)19(27)17-4-8-21-23(17)3/h4,8,15-16H,5-7,9-14H2,1-3H3/t15-,16-/m1/s1. The third kappa shape index (κ3) is 3.43. The summed E-state index contributed by atoms with van der Waals surface area (Å²) in [5.74, 6) is 0.392. The third-order valence-electron chi connectivity index (χ3n) is 6.95. The molecule has 154 valence electrons. The highest BCUT2D eigenvalue weighted by Crippen LogP contribution is 2.33. The Labute approximate surface area is 166 Å². The summed E-state index contributed by atoms with van der Waals surface area (Å²) in [5.41, 5.74) is 0.269. The predicted molar refractivity (Wildman–Crippen MR) is 104 cm³/mol. The van der Waals surface area contributed by atoms with Gasteiger partial charge in [0.2, 0.25) is 5.91 Å². The number of ether oxygens (including phenoxy) is 1. The quantitative estimate of drug-likeness (QED) is 0.741. The van der Waals surface area contributed by atoms with Crippen molar-refractivity contribution in [3.05, 3.63) is 18.0 Å². The van der Waals surface area contributed by atoms with Gasteiger partial charge in [0.1, 0.15) is 5.69 Å². The van der Waals surface area contributed by atoms with Gasteiger partial charge in [0, 0.05) is 38.9 Å². The van der Waals surface area contributed by atoms with E-state index in [1.165, 1.54) is 0 Å². The zero-order valence-electron chi connectivity index (χ0n) is 17.1. The number of aryl methyl sites for hydroxylation is 1. The van der Waals surface area contributed by atoms with Crippen molar-refractivity contribution in [1.82, 2.24) is 24.5 Å². The Balaban J connectivity index is 1.37. The summed E-state index contributed by atoms with van der Waals surface area (Å²) in [6.07, 6.45) is 4.16. The molecule has 2 atom stereocenters. The maximum atomic E-state index is 13.0. The van der Waals surface area contributed by atoms with E-state index in [2.05, 4.69) is 24.0 Å². The van der Waals surface area contributed by atoms with Gasteiger partial charge in [-0.2, -0.15) is 5.10 Å². The van der Waals surface area contributed by atoms with Gasteiger partial charge >= 0.3 is 0 Å². The Kier molecular flexibility index (Phi) is 5.18. The first-order valence-electron chi connectivity index (χ1n) is 10.3. The van der Waals surface area contributed by atoms with E-state index in [1.54, 1.807) is 24.0 Å². The normalized spacial score (nSPS) is 28.1. The molecule has 0 aromatic carbocycles. The van der Waals surface area contributed by atoms with Gasteiger partial charge in [-0.3, -0.25) is 14.3 Å². The van der Waals surface area contributed by atoms with Crippen LogP contribution in [-0.4, -0.2) is 94.3 Å². The lowest BCUT2D eigenvalue weighted by Gasteiger charge is -2.47. The number of likely N-dealkylation sites (tertiary alicyclic amines) is 2. The summed E-state index contributed by atoms with van der Waals surface area (Å²) in [5, 5.41) is 4.11. The minimum Gasteiger partial charge on any atom is -0.371 e. The van der Waals surface area contributed by atoms with E-state index in [4.69, 9.17) is 4.74 Å². The Morgan fingerprint density at radius 1 is 1.14 bits per heavy atom. The second-order valence-electron chi connectivity index (χ2n) is 8.54. The van der Waals surface area contributed by atoms with Crippen LogP contribution in [0.25, 0.3) is 0 Å². The Morgan fingerprint density at radius 2 is 1.89 bits per heavy atom. The first kappa shape index (κ1) is 19.4. The highest BCUT2D eigenvalue weighted by Gasteiger charge is 2.44. The molecule has 0 saturated carbocycles. The van der Waals surface area contributed by atoms with Crippen LogP contribution in [0.4, 0.5) is 0 Å². The van der Waals surface area contributed by atoms with Crippen LogP contribution in [0.2, 0.25) is 0 Å². The van der Waals surface area contributed by atoms with Gasteiger partial charge < -0.3 is 19.4 Å². The van der Waals surface area contributed by atoms with Gasteiger partial charge in [0.15, 0.2) is 0 Å². The molecule has 8 nitrogen and oxygen atoms in total. The lowest BCUT2D eigenvalue weighted by molar-refractivity contribution is -0.150. The fourth-order valence-electron chi connectivity index (χ4n) is 4.86. The molecule has 0 unspecified atom stereocenters. The summed E-state index contributed by atoms with van der Waals surface area (Å²) < 4.78 is 7.78.